The number of benzene rings is 3. The van der Waals surface area contributed by atoms with E-state index in [1.165, 1.54) is 11.8 Å². The number of carbonyl (C=O) groups is 2. The molecule has 0 radical (unpaired) electrons. The van der Waals surface area contributed by atoms with Crippen molar-refractivity contribution in [3.8, 4) is 0 Å². The van der Waals surface area contributed by atoms with Crippen LogP contribution in [0.4, 0.5) is 5.69 Å². The van der Waals surface area contributed by atoms with Gasteiger partial charge in [-0.2, -0.15) is 0 Å². The van der Waals surface area contributed by atoms with Gasteiger partial charge in [-0.3, -0.25) is 4.79 Å². The van der Waals surface area contributed by atoms with Crippen molar-refractivity contribution in [2.45, 2.75) is 18.2 Å². The van der Waals surface area contributed by atoms with Crippen LogP contribution in [0.25, 0.3) is 10.8 Å². The molecule has 144 valence electrons. The molecule has 28 heavy (non-hydrogen) atoms. The molecule has 4 nitrogen and oxygen atoms in total. The Balaban J connectivity index is 1.65. The van der Waals surface area contributed by atoms with Gasteiger partial charge >= 0.3 is 5.97 Å². The number of carbonyl (C=O) groups excluding carboxylic acids is 2. The molecule has 0 saturated carbocycles. The third-order valence-electron chi connectivity index (χ3n) is 4.02. The van der Waals surface area contributed by atoms with E-state index in [4.69, 9.17) is 16.3 Å². The molecular formula is C22H20ClNO3S. The Morgan fingerprint density at radius 1 is 1.07 bits per heavy atom. The number of halogens is 1. The maximum atomic E-state index is 12.4. The zero-order valence-electron chi connectivity index (χ0n) is 15.4. The molecule has 0 saturated heterocycles. The molecular weight excluding hydrogens is 394 g/mol. The summed E-state index contributed by atoms with van der Waals surface area (Å²) in [5.74, 6) is -0.395. The van der Waals surface area contributed by atoms with Crippen molar-refractivity contribution in [1.82, 2.24) is 0 Å². The van der Waals surface area contributed by atoms with Gasteiger partial charge in [0.1, 0.15) is 0 Å². The van der Waals surface area contributed by atoms with Crippen LogP contribution in [-0.4, -0.2) is 24.2 Å². The molecule has 0 aliphatic heterocycles. The highest BCUT2D eigenvalue weighted by atomic mass is 35.5. The van der Waals surface area contributed by atoms with E-state index in [9.17, 15) is 9.59 Å². The van der Waals surface area contributed by atoms with Crippen molar-refractivity contribution in [1.29, 1.82) is 0 Å². The molecule has 1 N–H and O–H groups in total. The molecule has 0 unspecified atom stereocenters. The molecule has 0 aromatic heterocycles. The van der Waals surface area contributed by atoms with Gasteiger partial charge < -0.3 is 10.1 Å². The lowest BCUT2D eigenvalue weighted by Gasteiger charge is -2.10. The van der Waals surface area contributed by atoms with Crippen LogP contribution in [0.3, 0.4) is 0 Å². The monoisotopic (exact) mass is 413 g/mol. The summed E-state index contributed by atoms with van der Waals surface area (Å²) in [6.45, 7) is 2.24. The number of fused-ring (bicyclic) bond motifs is 1. The number of hydrogen-bond acceptors (Lipinski definition) is 4. The minimum atomic E-state index is -0.493. The summed E-state index contributed by atoms with van der Waals surface area (Å²) in [7, 11) is 0. The predicted octanol–water partition coefficient (Wildman–Crippen LogP) is 5.79. The van der Waals surface area contributed by atoms with Crippen LogP contribution in [-0.2, 0) is 9.53 Å². The van der Waals surface area contributed by atoms with Gasteiger partial charge in [0.2, 0.25) is 5.91 Å². The molecule has 0 fully saturated rings. The second-order valence-corrected chi connectivity index (χ2v) is 7.57. The van der Waals surface area contributed by atoms with E-state index >= 15 is 0 Å². The zero-order valence-corrected chi connectivity index (χ0v) is 17.0. The van der Waals surface area contributed by atoms with Crippen molar-refractivity contribution < 1.29 is 14.3 Å². The van der Waals surface area contributed by atoms with Gasteiger partial charge in [0.15, 0.2) is 0 Å². The number of hydrogen-bond donors (Lipinski definition) is 1. The number of rotatable bonds is 7. The summed E-state index contributed by atoms with van der Waals surface area (Å²) in [4.78, 5) is 25.5. The number of amides is 1. The van der Waals surface area contributed by atoms with Crippen molar-refractivity contribution in [2.24, 2.45) is 0 Å². The van der Waals surface area contributed by atoms with Gasteiger partial charge in [0, 0.05) is 10.6 Å². The molecule has 0 heterocycles. The fraction of sp³-hybridized carbons (Fsp3) is 0.182. The topological polar surface area (TPSA) is 55.4 Å². The molecule has 0 bridgehead atoms. The van der Waals surface area contributed by atoms with Crippen molar-refractivity contribution in [2.75, 3.05) is 17.7 Å². The van der Waals surface area contributed by atoms with Gasteiger partial charge in [-0.05, 0) is 41.5 Å². The Morgan fingerprint density at radius 2 is 1.86 bits per heavy atom. The zero-order chi connectivity index (χ0) is 19.9. The van der Waals surface area contributed by atoms with Gasteiger partial charge in [-0.15, -0.1) is 11.8 Å². The average Bonchev–Trinajstić information content (AvgIpc) is 2.71. The summed E-state index contributed by atoms with van der Waals surface area (Å²) in [6, 6.07) is 18.9. The van der Waals surface area contributed by atoms with Crippen LogP contribution in [0, 0.1) is 0 Å². The Kier molecular flexibility index (Phi) is 6.95. The second-order valence-electron chi connectivity index (χ2n) is 6.14. The van der Waals surface area contributed by atoms with Crippen LogP contribution in [0.15, 0.2) is 65.6 Å². The maximum absolute atomic E-state index is 12.4. The third kappa shape index (κ3) is 5.06. The maximum Gasteiger partial charge on any atom is 0.339 e. The summed E-state index contributed by atoms with van der Waals surface area (Å²) in [5, 5.41) is 5.37. The minimum Gasteiger partial charge on any atom is -0.462 e. The van der Waals surface area contributed by atoms with E-state index in [1.807, 2.05) is 49.4 Å². The molecule has 6 heteroatoms. The number of anilines is 1. The van der Waals surface area contributed by atoms with Crippen LogP contribution in [0.1, 0.15) is 23.7 Å². The standard InChI is InChI=1S/C22H20ClNO3S/c1-2-12-27-22(26)18-13-16(10-11-19(18)23)24-21(25)14-28-20-9-5-7-15-6-3-4-8-17(15)20/h3-11,13H,2,12,14H2,1H3,(H,24,25). The normalized spacial score (nSPS) is 10.6. The van der Waals surface area contributed by atoms with Gasteiger partial charge in [0.05, 0.1) is 22.9 Å². The van der Waals surface area contributed by atoms with Crippen LogP contribution < -0.4 is 5.32 Å². The minimum absolute atomic E-state index is 0.159. The Labute approximate surface area is 173 Å². The average molecular weight is 414 g/mol. The fourth-order valence-corrected chi connectivity index (χ4v) is 3.76. The van der Waals surface area contributed by atoms with E-state index in [1.54, 1.807) is 18.2 Å². The number of nitrogens with one attached hydrogen (secondary N) is 1. The lowest BCUT2D eigenvalue weighted by Crippen LogP contribution is -2.15. The van der Waals surface area contributed by atoms with Gasteiger partial charge in [0.25, 0.3) is 0 Å². The molecule has 3 rings (SSSR count). The van der Waals surface area contributed by atoms with Crippen molar-refractivity contribution in [3.63, 3.8) is 0 Å². The van der Waals surface area contributed by atoms with Gasteiger partial charge in [-0.1, -0.05) is 54.9 Å². The molecule has 0 spiro atoms. The first kappa shape index (κ1) is 20.2. The first-order chi connectivity index (χ1) is 13.6. The van der Waals surface area contributed by atoms with E-state index < -0.39 is 5.97 Å². The highest BCUT2D eigenvalue weighted by Gasteiger charge is 2.14. The number of esters is 1. The number of ether oxygens (including phenoxy) is 1. The van der Waals surface area contributed by atoms with Crippen LogP contribution in [0.5, 0.6) is 0 Å². The van der Waals surface area contributed by atoms with E-state index in [2.05, 4.69) is 5.32 Å². The van der Waals surface area contributed by atoms with E-state index in [0.717, 1.165) is 22.1 Å². The molecule has 3 aromatic carbocycles. The quantitative estimate of drug-likeness (QED) is 0.393. The van der Waals surface area contributed by atoms with Crippen molar-refractivity contribution in [3.05, 3.63) is 71.2 Å². The Hall–Kier alpha value is -2.50. The van der Waals surface area contributed by atoms with Crippen molar-refractivity contribution >= 4 is 51.7 Å². The summed E-state index contributed by atoms with van der Waals surface area (Å²) in [6.07, 6.45) is 0.727. The first-order valence-electron chi connectivity index (χ1n) is 8.95. The summed E-state index contributed by atoms with van der Waals surface area (Å²) < 4.78 is 5.12. The fourth-order valence-electron chi connectivity index (χ4n) is 2.69. The second kappa shape index (κ2) is 9.62. The number of thioether (sulfide) groups is 1. The third-order valence-corrected chi connectivity index (χ3v) is 5.42. The summed E-state index contributed by atoms with van der Waals surface area (Å²) >= 11 is 7.56. The smallest absolute Gasteiger partial charge is 0.339 e. The Morgan fingerprint density at radius 3 is 2.68 bits per heavy atom. The first-order valence-corrected chi connectivity index (χ1v) is 10.3. The lowest BCUT2D eigenvalue weighted by atomic mass is 10.1. The highest BCUT2D eigenvalue weighted by Crippen LogP contribution is 2.28. The molecule has 0 atom stereocenters. The van der Waals surface area contributed by atoms with E-state index in [-0.39, 0.29) is 17.2 Å². The van der Waals surface area contributed by atoms with Crippen LogP contribution in [0.2, 0.25) is 5.02 Å². The SMILES string of the molecule is CCCOC(=O)c1cc(NC(=O)CSc2cccc3ccccc23)ccc1Cl. The molecule has 1 amide bonds. The van der Waals surface area contributed by atoms with E-state index in [0.29, 0.717) is 17.3 Å². The highest BCUT2D eigenvalue weighted by molar-refractivity contribution is 8.00. The predicted molar refractivity (Wildman–Crippen MR) is 115 cm³/mol. The largest absolute Gasteiger partial charge is 0.462 e. The Bertz CT molecular complexity index is 1000. The van der Waals surface area contributed by atoms with Gasteiger partial charge in [-0.25, -0.2) is 4.79 Å². The molecule has 0 aliphatic carbocycles. The summed E-state index contributed by atoms with van der Waals surface area (Å²) in [5.41, 5.74) is 0.756. The lowest BCUT2D eigenvalue weighted by molar-refractivity contribution is -0.113. The van der Waals surface area contributed by atoms with Crippen LogP contribution >= 0.6 is 23.4 Å². The molecule has 3 aromatic rings. The molecule has 0 aliphatic rings.